The van der Waals surface area contributed by atoms with Crippen LogP contribution in [0, 0.1) is 0 Å². The molecule has 0 bridgehead atoms. The van der Waals surface area contributed by atoms with Crippen molar-refractivity contribution in [2.24, 2.45) is 0 Å². The molecule has 0 saturated carbocycles. The number of sulfonamides is 1. The van der Waals surface area contributed by atoms with E-state index in [1.165, 1.54) is 32.4 Å². The van der Waals surface area contributed by atoms with Gasteiger partial charge in [-0.1, -0.05) is 0 Å². The van der Waals surface area contributed by atoms with Crippen molar-refractivity contribution in [3.8, 4) is 5.75 Å². The Hall–Kier alpha value is -2.13. The summed E-state index contributed by atoms with van der Waals surface area (Å²) in [7, 11) is -1.57. The standard InChI is InChI=1S/C14H17NO7S/c1-21-11-8-9(14(18)22-2)5-6-12(11)23(19,20)15-7-3-4-10(15)13(16)17/h5-6,8,10H,3-4,7H2,1-2H3,(H,16,17)/t10-/m1/s1. The molecule has 1 aliphatic rings. The number of esters is 1. The van der Waals surface area contributed by atoms with E-state index in [-0.39, 0.29) is 29.2 Å². The molecule has 1 aliphatic heterocycles. The summed E-state index contributed by atoms with van der Waals surface area (Å²) in [6.07, 6.45) is 0.732. The molecule has 1 saturated heterocycles. The molecule has 1 atom stereocenters. The van der Waals surface area contributed by atoms with Crippen LogP contribution in [-0.2, 0) is 19.6 Å². The summed E-state index contributed by atoms with van der Waals surface area (Å²) in [6, 6.07) is 2.68. The number of carbonyl (C=O) groups is 2. The second kappa shape index (κ2) is 6.55. The quantitative estimate of drug-likeness (QED) is 0.784. The number of methoxy groups -OCH3 is 2. The van der Waals surface area contributed by atoms with E-state index in [4.69, 9.17) is 4.74 Å². The number of hydrogen-bond donors (Lipinski definition) is 1. The molecule has 9 heteroatoms. The Morgan fingerprint density at radius 3 is 2.57 bits per heavy atom. The van der Waals surface area contributed by atoms with Crippen molar-refractivity contribution in [3.63, 3.8) is 0 Å². The van der Waals surface area contributed by atoms with Crippen LogP contribution in [0.2, 0.25) is 0 Å². The van der Waals surface area contributed by atoms with Crippen LogP contribution >= 0.6 is 0 Å². The second-order valence-electron chi connectivity index (χ2n) is 4.97. The van der Waals surface area contributed by atoms with Crippen molar-refractivity contribution < 1.29 is 32.6 Å². The van der Waals surface area contributed by atoms with E-state index in [9.17, 15) is 23.1 Å². The minimum Gasteiger partial charge on any atom is -0.495 e. The summed E-state index contributed by atoms with van der Waals surface area (Å²) in [6.45, 7) is 0.126. The Bertz CT molecular complexity index is 729. The summed E-state index contributed by atoms with van der Waals surface area (Å²) in [5.41, 5.74) is 0.138. The molecule has 1 heterocycles. The van der Waals surface area contributed by atoms with Crippen LogP contribution in [0.1, 0.15) is 23.2 Å². The van der Waals surface area contributed by atoms with Crippen LogP contribution in [0.25, 0.3) is 0 Å². The maximum atomic E-state index is 12.7. The number of carboxylic acids is 1. The number of aliphatic carboxylic acids is 1. The normalized spacial score (nSPS) is 18.6. The van der Waals surface area contributed by atoms with Crippen LogP contribution in [0.15, 0.2) is 23.1 Å². The van der Waals surface area contributed by atoms with Gasteiger partial charge in [-0.3, -0.25) is 4.79 Å². The molecule has 1 fully saturated rings. The van der Waals surface area contributed by atoms with Gasteiger partial charge in [0.2, 0.25) is 10.0 Å². The first-order valence-corrected chi connectivity index (χ1v) is 8.28. The first-order valence-electron chi connectivity index (χ1n) is 6.84. The smallest absolute Gasteiger partial charge is 0.337 e. The van der Waals surface area contributed by atoms with E-state index in [0.29, 0.717) is 6.42 Å². The average Bonchev–Trinajstić information content (AvgIpc) is 3.04. The number of ether oxygens (including phenoxy) is 2. The fourth-order valence-corrected chi connectivity index (χ4v) is 4.32. The van der Waals surface area contributed by atoms with Gasteiger partial charge in [0.15, 0.2) is 0 Å². The van der Waals surface area contributed by atoms with E-state index >= 15 is 0 Å². The van der Waals surface area contributed by atoms with Gasteiger partial charge in [-0.05, 0) is 31.0 Å². The predicted molar refractivity (Wildman–Crippen MR) is 78.9 cm³/mol. The zero-order valence-corrected chi connectivity index (χ0v) is 13.5. The number of hydrogen-bond acceptors (Lipinski definition) is 6. The second-order valence-corrected chi connectivity index (χ2v) is 6.83. The third kappa shape index (κ3) is 3.15. The lowest BCUT2D eigenvalue weighted by Crippen LogP contribution is -2.40. The summed E-state index contributed by atoms with van der Waals surface area (Å²) >= 11 is 0. The fourth-order valence-electron chi connectivity index (χ4n) is 2.53. The largest absolute Gasteiger partial charge is 0.495 e. The third-order valence-corrected chi connectivity index (χ3v) is 5.61. The highest BCUT2D eigenvalue weighted by atomic mass is 32.2. The van der Waals surface area contributed by atoms with E-state index < -0.39 is 28.0 Å². The predicted octanol–water partition coefficient (Wildman–Crippen LogP) is 0.719. The number of rotatable bonds is 5. The van der Waals surface area contributed by atoms with Crippen LogP contribution < -0.4 is 4.74 Å². The van der Waals surface area contributed by atoms with Gasteiger partial charge in [0.1, 0.15) is 16.7 Å². The van der Waals surface area contributed by atoms with Gasteiger partial charge in [-0.15, -0.1) is 0 Å². The Morgan fingerprint density at radius 1 is 1.30 bits per heavy atom. The van der Waals surface area contributed by atoms with Gasteiger partial charge in [-0.25, -0.2) is 13.2 Å². The highest BCUT2D eigenvalue weighted by Crippen LogP contribution is 2.32. The molecule has 0 spiro atoms. The first-order chi connectivity index (χ1) is 10.8. The Kier molecular flexibility index (Phi) is 4.90. The lowest BCUT2D eigenvalue weighted by molar-refractivity contribution is -0.140. The molecule has 8 nitrogen and oxygen atoms in total. The van der Waals surface area contributed by atoms with Crippen LogP contribution in [0.3, 0.4) is 0 Å². The highest BCUT2D eigenvalue weighted by molar-refractivity contribution is 7.89. The molecule has 0 aromatic heterocycles. The molecule has 2 rings (SSSR count). The Balaban J connectivity index is 2.47. The van der Waals surface area contributed by atoms with Crippen molar-refractivity contribution in [1.82, 2.24) is 4.31 Å². The fraction of sp³-hybridized carbons (Fsp3) is 0.429. The van der Waals surface area contributed by atoms with E-state index in [1.807, 2.05) is 0 Å². The van der Waals surface area contributed by atoms with Gasteiger partial charge in [0.25, 0.3) is 0 Å². The lowest BCUT2D eigenvalue weighted by Gasteiger charge is -2.22. The Labute approximate surface area is 133 Å². The van der Waals surface area contributed by atoms with Gasteiger partial charge < -0.3 is 14.6 Å². The summed E-state index contributed by atoms with van der Waals surface area (Å²) in [5.74, 6) is -1.85. The maximum Gasteiger partial charge on any atom is 0.337 e. The van der Waals surface area contributed by atoms with Crippen molar-refractivity contribution in [1.29, 1.82) is 0 Å². The zero-order chi connectivity index (χ0) is 17.2. The lowest BCUT2D eigenvalue weighted by atomic mass is 10.2. The van der Waals surface area contributed by atoms with Crippen molar-refractivity contribution in [2.45, 2.75) is 23.8 Å². The Morgan fingerprint density at radius 2 is 2.00 bits per heavy atom. The third-order valence-electron chi connectivity index (χ3n) is 3.66. The molecule has 23 heavy (non-hydrogen) atoms. The van der Waals surface area contributed by atoms with Crippen molar-refractivity contribution in [2.75, 3.05) is 20.8 Å². The van der Waals surface area contributed by atoms with E-state index in [1.54, 1.807) is 0 Å². The number of benzene rings is 1. The molecule has 1 aromatic rings. The zero-order valence-electron chi connectivity index (χ0n) is 12.7. The number of carbonyl (C=O) groups excluding carboxylic acids is 1. The number of nitrogens with zero attached hydrogens (tertiary/aromatic N) is 1. The molecule has 0 aliphatic carbocycles. The topological polar surface area (TPSA) is 110 Å². The molecule has 0 unspecified atom stereocenters. The van der Waals surface area contributed by atoms with Crippen LogP contribution in [0.4, 0.5) is 0 Å². The molecule has 1 aromatic carbocycles. The molecule has 0 amide bonds. The molecular formula is C14H17NO7S. The molecule has 1 N–H and O–H groups in total. The molecule has 126 valence electrons. The van der Waals surface area contributed by atoms with E-state index in [2.05, 4.69) is 4.74 Å². The highest BCUT2D eigenvalue weighted by Gasteiger charge is 2.40. The monoisotopic (exact) mass is 343 g/mol. The molecular weight excluding hydrogens is 326 g/mol. The summed E-state index contributed by atoms with van der Waals surface area (Å²) < 4.78 is 36.1. The van der Waals surface area contributed by atoms with Gasteiger partial charge in [-0.2, -0.15) is 4.31 Å². The average molecular weight is 343 g/mol. The van der Waals surface area contributed by atoms with Crippen molar-refractivity contribution in [3.05, 3.63) is 23.8 Å². The minimum absolute atomic E-state index is 0.0380. The molecule has 0 radical (unpaired) electrons. The van der Waals surface area contributed by atoms with Crippen molar-refractivity contribution >= 4 is 22.0 Å². The van der Waals surface area contributed by atoms with Crippen LogP contribution in [-0.4, -0.2) is 56.6 Å². The van der Waals surface area contributed by atoms with E-state index in [0.717, 1.165) is 4.31 Å². The minimum atomic E-state index is -4.05. The number of carboxylic acid groups (broad SMARTS) is 1. The SMILES string of the molecule is COC(=O)c1ccc(S(=O)(=O)N2CCC[C@@H]2C(=O)O)c(OC)c1. The van der Waals surface area contributed by atoms with Gasteiger partial charge in [0, 0.05) is 6.54 Å². The summed E-state index contributed by atoms with van der Waals surface area (Å²) in [4.78, 5) is 22.6. The van der Waals surface area contributed by atoms with Crippen LogP contribution in [0.5, 0.6) is 5.75 Å². The van der Waals surface area contributed by atoms with Gasteiger partial charge >= 0.3 is 11.9 Å². The summed E-state index contributed by atoms with van der Waals surface area (Å²) in [5, 5.41) is 9.17. The first kappa shape index (κ1) is 17.2. The van der Waals surface area contributed by atoms with Gasteiger partial charge in [0.05, 0.1) is 19.8 Å². The maximum absolute atomic E-state index is 12.7.